The van der Waals surface area contributed by atoms with Crippen LogP contribution in [0.4, 0.5) is 0 Å². The lowest BCUT2D eigenvalue weighted by atomic mass is 10.1. The number of rotatable bonds is 5. The van der Waals surface area contributed by atoms with Gasteiger partial charge in [-0.15, -0.1) is 0 Å². The van der Waals surface area contributed by atoms with Crippen LogP contribution in [0.1, 0.15) is 12.5 Å². The standard InChI is InChI=1S/C14H20N2OS/c1-11(9-18-2)16-10-15-13(14(16)17)8-12-6-4-3-5-7-12/h3-7,11,13,15H,8-10H2,1-2H3. The van der Waals surface area contributed by atoms with Crippen LogP contribution in [0, 0.1) is 0 Å². The lowest BCUT2D eigenvalue weighted by Crippen LogP contribution is -2.38. The van der Waals surface area contributed by atoms with E-state index in [9.17, 15) is 4.79 Å². The van der Waals surface area contributed by atoms with E-state index >= 15 is 0 Å². The fourth-order valence-electron chi connectivity index (χ4n) is 2.29. The number of thioether (sulfide) groups is 1. The van der Waals surface area contributed by atoms with Gasteiger partial charge in [-0.2, -0.15) is 11.8 Å². The second kappa shape index (κ2) is 6.25. The van der Waals surface area contributed by atoms with Crippen molar-refractivity contribution in [1.29, 1.82) is 0 Å². The van der Waals surface area contributed by atoms with E-state index in [2.05, 4.69) is 30.6 Å². The SMILES string of the molecule is CSCC(C)N1CNC(Cc2ccccc2)C1=O. The molecule has 1 aliphatic heterocycles. The van der Waals surface area contributed by atoms with Gasteiger partial charge in [0.05, 0.1) is 12.7 Å². The summed E-state index contributed by atoms with van der Waals surface area (Å²) in [6.45, 7) is 2.79. The number of amides is 1. The summed E-state index contributed by atoms with van der Waals surface area (Å²) >= 11 is 1.78. The van der Waals surface area contributed by atoms with Crippen molar-refractivity contribution in [1.82, 2.24) is 10.2 Å². The Labute approximate surface area is 113 Å². The van der Waals surface area contributed by atoms with Crippen molar-refractivity contribution >= 4 is 17.7 Å². The first-order valence-electron chi connectivity index (χ1n) is 6.29. The lowest BCUT2D eigenvalue weighted by molar-refractivity contribution is -0.130. The number of hydrogen-bond donors (Lipinski definition) is 1. The van der Waals surface area contributed by atoms with Gasteiger partial charge in [0.15, 0.2) is 0 Å². The number of nitrogens with zero attached hydrogens (tertiary/aromatic N) is 1. The molecule has 1 fully saturated rings. The summed E-state index contributed by atoms with van der Waals surface area (Å²) in [6, 6.07) is 10.4. The van der Waals surface area contributed by atoms with Gasteiger partial charge in [0.2, 0.25) is 5.91 Å². The van der Waals surface area contributed by atoms with Gasteiger partial charge >= 0.3 is 0 Å². The molecule has 0 spiro atoms. The van der Waals surface area contributed by atoms with Crippen molar-refractivity contribution in [3.8, 4) is 0 Å². The number of carbonyl (C=O) groups is 1. The van der Waals surface area contributed by atoms with Crippen LogP contribution in [0.3, 0.4) is 0 Å². The summed E-state index contributed by atoms with van der Waals surface area (Å²) in [5.41, 5.74) is 1.21. The molecule has 98 valence electrons. The average molecular weight is 264 g/mol. The first-order valence-corrected chi connectivity index (χ1v) is 7.68. The minimum atomic E-state index is -0.0586. The van der Waals surface area contributed by atoms with E-state index in [1.165, 1.54) is 5.56 Å². The zero-order chi connectivity index (χ0) is 13.0. The molecule has 0 saturated carbocycles. The van der Waals surface area contributed by atoms with Gasteiger partial charge in [0, 0.05) is 11.8 Å². The molecule has 4 heteroatoms. The Hall–Kier alpha value is -1.00. The minimum Gasteiger partial charge on any atom is -0.325 e. The first-order chi connectivity index (χ1) is 8.72. The van der Waals surface area contributed by atoms with Gasteiger partial charge in [0.1, 0.15) is 0 Å². The van der Waals surface area contributed by atoms with Crippen molar-refractivity contribution < 1.29 is 4.79 Å². The fraction of sp³-hybridized carbons (Fsp3) is 0.500. The topological polar surface area (TPSA) is 32.3 Å². The molecular formula is C14H20N2OS. The van der Waals surface area contributed by atoms with E-state index in [1.54, 1.807) is 11.8 Å². The molecule has 2 atom stereocenters. The van der Waals surface area contributed by atoms with Crippen LogP contribution in [0.15, 0.2) is 30.3 Å². The van der Waals surface area contributed by atoms with E-state index in [1.807, 2.05) is 23.1 Å². The van der Waals surface area contributed by atoms with Crippen molar-refractivity contribution in [2.75, 3.05) is 18.7 Å². The smallest absolute Gasteiger partial charge is 0.241 e. The Morgan fingerprint density at radius 1 is 1.44 bits per heavy atom. The third-order valence-corrected chi connectivity index (χ3v) is 4.13. The average Bonchev–Trinajstić information content (AvgIpc) is 2.73. The highest BCUT2D eigenvalue weighted by atomic mass is 32.2. The maximum Gasteiger partial charge on any atom is 0.241 e. The Balaban J connectivity index is 1.95. The molecule has 0 aliphatic carbocycles. The number of nitrogens with one attached hydrogen (secondary N) is 1. The molecule has 1 aromatic carbocycles. The van der Waals surface area contributed by atoms with Crippen LogP contribution >= 0.6 is 11.8 Å². The zero-order valence-corrected chi connectivity index (χ0v) is 11.7. The maximum absolute atomic E-state index is 12.3. The molecule has 1 N–H and O–H groups in total. The molecule has 1 aliphatic rings. The van der Waals surface area contributed by atoms with Gasteiger partial charge in [-0.3, -0.25) is 10.1 Å². The molecule has 0 radical (unpaired) electrons. The third-order valence-electron chi connectivity index (χ3n) is 3.31. The quantitative estimate of drug-likeness (QED) is 0.879. The maximum atomic E-state index is 12.3. The molecule has 0 aromatic heterocycles. The van der Waals surface area contributed by atoms with Crippen molar-refractivity contribution in [2.45, 2.75) is 25.4 Å². The van der Waals surface area contributed by atoms with Crippen LogP contribution in [-0.4, -0.2) is 41.6 Å². The van der Waals surface area contributed by atoms with Crippen LogP contribution in [0.25, 0.3) is 0 Å². The van der Waals surface area contributed by atoms with Gasteiger partial charge in [-0.25, -0.2) is 0 Å². The van der Waals surface area contributed by atoms with E-state index in [4.69, 9.17) is 0 Å². The van der Waals surface area contributed by atoms with Crippen LogP contribution in [0.2, 0.25) is 0 Å². The lowest BCUT2D eigenvalue weighted by Gasteiger charge is -2.23. The van der Waals surface area contributed by atoms with Gasteiger partial charge in [-0.05, 0) is 25.2 Å². The van der Waals surface area contributed by atoms with Crippen molar-refractivity contribution in [3.05, 3.63) is 35.9 Å². The monoisotopic (exact) mass is 264 g/mol. The molecule has 1 heterocycles. The predicted octanol–water partition coefficient (Wildman–Crippen LogP) is 1.74. The molecule has 3 nitrogen and oxygen atoms in total. The molecule has 1 saturated heterocycles. The molecule has 2 rings (SSSR count). The Morgan fingerprint density at radius 3 is 2.83 bits per heavy atom. The van der Waals surface area contributed by atoms with Crippen molar-refractivity contribution in [2.24, 2.45) is 0 Å². The third kappa shape index (κ3) is 3.06. The van der Waals surface area contributed by atoms with E-state index in [-0.39, 0.29) is 11.9 Å². The van der Waals surface area contributed by atoms with Gasteiger partial charge in [-0.1, -0.05) is 30.3 Å². The number of carbonyl (C=O) groups excluding carboxylic acids is 1. The van der Waals surface area contributed by atoms with E-state index < -0.39 is 0 Å². The number of benzene rings is 1. The minimum absolute atomic E-state index is 0.0586. The van der Waals surface area contributed by atoms with Gasteiger partial charge < -0.3 is 4.90 Å². The summed E-state index contributed by atoms with van der Waals surface area (Å²) in [5, 5.41) is 3.31. The fourth-order valence-corrected chi connectivity index (χ4v) is 2.95. The Bertz CT molecular complexity index is 396. The zero-order valence-electron chi connectivity index (χ0n) is 10.9. The van der Waals surface area contributed by atoms with E-state index in [0.717, 1.165) is 12.2 Å². The molecule has 18 heavy (non-hydrogen) atoms. The second-order valence-electron chi connectivity index (χ2n) is 4.72. The van der Waals surface area contributed by atoms with E-state index in [0.29, 0.717) is 12.7 Å². The normalized spacial score (nSPS) is 21.3. The highest BCUT2D eigenvalue weighted by Crippen LogP contribution is 2.14. The summed E-state index contributed by atoms with van der Waals surface area (Å²) in [5.74, 6) is 1.23. The summed E-state index contributed by atoms with van der Waals surface area (Å²) in [4.78, 5) is 14.2. The summed E-state index contributed by atoms with van der Waals surface area (Å²) < 4.78 is 0. The highest BCUT2D eigenvalue weighted by Gasteiger charge is 2.33. The largest absolute Gasteiger partial charge is 0.325 e. The van der Waals surface area contributed by atoms with Crippen LogP contribution in [0.5, 0.6) is 0 Å². The highest BCUT2D eigenvalue weighted by molar-refractivity contribution is 7.98. The molecular weight excluding hydrogens is 244 g/mol. The van der Waals surface area contributed by atoms with Gasteiger partial charge in [0.25, 0.3) is 0 Å². The second-order valence-corrected chi connectivity index (χ2v) is 5.63. The van der Waals surface area contributed by atoms with Crippen LogP contribution < -0.4 is 5.32 Å². The first kappa shape index (κ1) is 13.4. The van der Waals surface area contributed by atoms with Crippen LogP contribution in [-0.2, 0) is 11.2 Å². The Kier molecular flexibility index (Phi) is 4.66. The summed E-state index contributed by atoms with van der Waals surface area (Å²) in [7, 11) is 0. The Morgan fingerprint density at radius 2 is 2.17 bits per heavy atom. The summed E-state index contributed by atoms with van der Waals surface area (Å²) in [6.07, 6.45) is 2.86. The molecule has 1 amide bonds. The van der Waals surface area contributed by atoms with Crippen molar-refractivity contribution in [3.63, 3.8) is 0 Å². The number of hydrogen-bond acceptors (Lipinski definition) is 3. The molecule has 1 aromatic rings. The predicted molar refractivity (Wildman–Crippen MR) is 76.6 cm³/mol. The molecule has 0 bridgehead atoms. The molecule has 2 unspecified atom stereocenters.